The third-order valence-corrected chi connectivity index (χ3v) is 2.61. The lowest BCUT2D eigenvalue weighted by Gasteiger charge is -2.11. The van der Waals surface area contributed by atoms with Crippen molar-refractivity contribution in [2.75, 3.05) is 33.9 Å². The predicted octanol–water partition coefficient (Wildman–Crippen LogP) is 1.02. The van der Waals surface area contributed by atoms with Crippen LogP contribution in [0.5, 0.6) is 11.5 Å². The number of likely N-dealkylation sites (N-methyl/N-ethyl adjacent to an activating group) is 1. The highest BCUT2D eigenvalue weighted by Crippen LogP contribution is 2.33. The lowest BCUT2D eigenvalue weighted by atomic mass is 10.1. The Bertz CT molecular complexity index is 366. The summed E-state index contributed by atoms with van der Waals surface area (Å²) in [5.41, 5.74) is 6.93. The van der Waals surface area contributed by atoms with Gasteiger partial charge >= 0.3 is 0 Å². The lowest BCUT2D eigenvalue weighted by Crippen LogP contribution is -2.19. The molecule has 88 valence electrons. The monoisotopic (exact) mass is 222 g/mol. The molecule has 2 rings (SSSR count). The van der Waals surface area contributed by atoms with Crippen LogP contribution in [0, 0.1) is 0 Å². The molecule has 0 spiro atoms. The van der Waals surface area contributed by atoms with Crippen molar-refractivity contribution in [3.63, 3.8) is 0 Å². The van der Waals surface area contributed by atoms with Gasteiger partial charge in [-0.3, -0.25) is 0 Å². The Morgan fingerprint density at radius 3 is 3.06 bits per heavy atom. The van der Waals surface area contributed by atoms with Gasteiger partial charge in [0, 0.05) is 18.2 Å². The van der Waals surface area contributed by atoms with Crippen LogP contribution in [-0.4, -0.2) is 38.8 Å². The summed E-state index contributed by atoms with van der Waals surface area (Å²) in [6.07, 6.45) is 0. The highest BCUT2D eigenvalue weighted by molar-refractivity contribution is 5.44. The fourth-order valence-corrected chi connectivity index (χ4v) is 1.65. The number of hydrogen-bond acceptors (Lipinski definition) is 4. The normalized spacial score (nSPS) is 18.4. The van der Waals surface area contributed by atoms with Crippen molar-refractivity contribution in [2.45, 2.75) is 6.04 Å². The third-order valence-electron chi connectivity index (χ3n) is 2.61. The average Bonchev–Trinajstić information content (AvgIpc) is 2.60. The van der Waals surface area contributed by atoms with Crippen LogP contribution >= 0.6 is 0 Å². The maximum atomic E-state index is 5.86. The zero-order valence-corrected chi connectivity index (χ0v) is 9.77. The van der Waals surface area contributed by atoms with Crippen LogP contribution in [0.4, 0.5) is 0 Å². The molecule has 0 fully saturated rings. The van der Waals surface area contributed by atoms with E-state index in [2.05, 4.69) is 4.90 Å². The van der Waals surface area contributed by atoms with Crippen molar-refractivity contribution < 1.29 is 9.47 Å². The van der Waals surface area contributed by atoms with E-state index in [1.54, 1.807) is 0 Å². The molecule has 1 aromatic carbocycles. The second kappa shape index (κ2) is 4.72. The first-order valence-corrected chi connectivity index (χ1v) is 5.46. The van der Waals surface area contributed by atoms with Crippen molar-refractivity contribution in [1.82, 2.24) is 4.90 Å². The largest absolute Gasteiger partial charge is 0.492 e. The van der Waals surface area contributed by atoms with Crippen LogP contribution < -0.4 is 15.2 Å². The van der Waals surface area contributed by atoms with E-state index in [9.17, 15) is 0 Å². The highest BCUT2D eigenvalue weighted by atomic mass is 16.5. The van der Waals surface area contributed by atoms with Crippen molar-refractivity contribution in [2.24, 2.45) is 5.73 Å². The molecular formula is C12H18N2O2. The minimum Gasteiger partial charge on any atom is -0.492 e. The molecule has 0 radical (unpaired) electrons. The Kier molecular flexibility index (Phi) is 3.31. The molecule has 1 unspecified atom stereocenters. The standard InChI is InChI=1S/C12H18N2O2/c1-14(2)5-6-15-9-3-4-10-11(13)8-16-12(10)7-9/h3-4,7,11H,5-6,8,13H2,1-2H3. The molecule has 1 atom stereocenters. The van der Waals surface area contributed by atoms with Crippen LogP contribution in [-0.2, 0) is 0 Å². The van der Waals surface area contributed by atoms with Crippen LogP contribution in [0.2, 0.25) is 0 Å². The minimum atomic E-state index is 0.00539. The molecule has 0 aliphatic carbocycles. The zero-order chi connectivity index (χ0) is 11.5. The predicted molar refractivity (Wildman–Crippen MR) is 62.9 cm³/mol. The Balaban J connectivity index is 1.97. The molecular weight excluding hydrogens is 204 g/mol. The molecule has 1 aliphatic heterocycles. The molecule has 0 bridgehead atoms. The van der Waals surface area contributed by atoms with E-state index in [1.807, 2.05) is 32.3 Å². The minimum absolute atomic E-state index is 0.00539. The fraction of sp³-hybridized carbons (Fsp3) is 0.500. The summed E-state index contributed by atoms with van der Waals surface area (Å²) in [5, 5.41) is 0. The Morgan fingerprint density at radius 1 is 1.50 bits per heavy atom. The Hall–Kier alpha value is -1.26. The number of fused-ring (bicyclic) bond motifs is 1. The van der Waals surface area contributed by atoms with Gasteiger partial charge in [-0.1, -0.05) is 0 Å². The molecule has 4 nitrogen and oxygen atoms in total. The number of benzene rings is 1. The topological polar surface area (TPSA) is 47.7 Å². The molecule has 2 N–H and O–H groups in total. The van der Waals surface area contributed by atoms with Gasteiger partial charge in [-0.15, -0.1) is 0 Å². The summed E-state index contributed by atoms with van der Waals surface area (Å²) in [6, 6.07) is 5.85. The number of hydrogen-bond donors (Lipinski definition) is 1. The summed E-state index contributed by atoms with van der Waals surface area (Å²) in [6.45, 7) is 2.14. The van der Waals surface area contributed by atoms with Gasteiger partial charge in [0.2, 0.25) is 0 Å². The van der Waals surface area contributed by atoms with Crippen LogP contribution in [0.15, 0.2) is 18.2 Å². The quantitative estimate of drug-likeness (QED) is 0.826. The first kappa shape index (κ1) is 11.2. The number of nitrogens with zero attached hydrogens (tertiary/aromatic N) is 1. The van der Waals surface area contributed by atoms with Crippen molar-refractivity contribution >= 4 is 0 Å². The van der Waals surface area contributed by atoms with Gasteiger partial charge in [-0.25, -0.2) is 0 Å². The van der Waals surface area contributed by atoms with E-state index in [0.717, 1.165) is 23.6 Å². The molecule has 0 saturated heterocycles. The first-order chi connectivity index (χ1) is 7.66. The SMILES string of the molecule is CN(C)CCOc1ccc2c(c1)OCC2N. The summed E-state index contributed by atoms with van der Waals surface area (Å²) in [7, 11) is 4.04. The molecule has 0 aromatic heterocycles. The number of ether oxygens (including phenoxy) is 2. The van der Waals surface area contributed by atoms with Crippen LogP contribution in [0.3, 0.4) is 0 Å². The van der Waals surface area contributed by atoms with Gasteiger partial charge in [-0.05, 0) is 26.2 Å². The molecule has 0 saturated carbocycles. The maximum Gasteiger partial charge on any atom is 0.127 e. The number of nitrogens with two attached hydrogens (primary N) is 1. The lowest BCUT2D eigenvalue weighted by molar-refractivity contribution is 0.260. The van der Waals surface area contributed by atoms with E-state index in [-0.39, 0.29) is 6.04 Å². The summed E-state index contributed by atoms with van der Waals surface area (Å²) in [5.74, 6) is 1.70. The Morgan fingerprint density at radius 2 is 2.31 bits per heavy atom. The van der Waals surface area contributed by atoms with E-state index >= 15 is 0 Å². The molecule has 1 heterocycles. The maximum absolute atomic E-state index is 5.86. The molecule has 4 heteroatoms. The van der Waals surface area contributed by atoms with Crippen molar-refractivity contribution in [3.8, 4) is 11.5 Å². The Labute approximate surface area is 95.9 Å². The number of rotatable bonds is 4. The molecule has 1 aromatic rings. The second-order valence-electron chi connectivity index (χ2n) is 4.27. The van der Waals surface area contributed by atoms with E-state index < -0.39 is 0 Å². The van der Waals surface area contributed by atoms with Gasteiger partial charge in [0.05, 0.1) is 6.04 Å². The summed E-state index contributed by atoms with van der Waals surface area (Å²) in [4.78, 5) is 2.08. The van der Waals surface area contributed by atoms with E-state index in [1.165, 1.54) is 0 Å². The smallest absolute Gasteiger partial charge is 0.127 e. The first-order valence-electron chi connectivity index (χ1n) is 5.46. The summed E-state index contributed by atoms with van der Waals surface area (Å²) < 4.78 is 11.1. The van der Waals surface area contributed by atoms with Crippen LogP contribution in [0.25, 0.3) is 0 Å². The molecule has 16 heavy (non-hydrogen) atoms. The van der Waals surface area contributed by atoms with Gasteiger partial charge in [-0.2, -0.15) is 0 Å². The average molecular weight is 222 g/mol. The molecule has 0 amide bonds. The highest BCUT2D eigenvalue weighted by Gasteiger charge is 2.20. The van der Waals surface area contributed by atoms with Gasteiger partial charge < -0.3 is 20.1 Å². The van der Waals surface area contributed by atoms with Crippen molar-refractivity contribution in [1.29, 1.82) is 0 Å². The van der Waals surface area contributed by atoms with Gasteiger partial charge in [0.15, 0.2) is 0 Å². The third kappa shape index (κ3) is 2.46. The van der Waals surface area contributed by atoms with Gasteiger partial charge in [0.25, 0.3) is 0 Å². The van der Waals surface area contributed by atoms with Gasteiger partial charge in [0.1, 0.15) is 24.7 Å². The molecule has 1 aliphatic rings. The summed E-state index contributed by atoms with van der Waals surface area (Å²) >= 11 is 0. The fourth-order valence-electron chi connectivity index (χ4n) is 1.65. The van der Waals surface area contributed by atoms with E-state index in [0.29, 0.717) is 13.2 Å². The van der Waals surface area contributed by atoms with E-state index in [4.69, 9.17) is 15.2 Å². The zero-order valence-electron chi connectivity index (χ0n) is 9.77. The van der Waals surface area contributed by atoms with Crippen molar-refractivity contribution in [3.05, 3.63) is 23.8 Å². The second-order valence-corrected chi connectivity index (χ2v) is 4.27. The van der Waals surface area contributed by atoms with Crippen LogP contribution in [0.1, 0.15) is 11.6 Å².